The molecule has 42 nitrogen and oxygen atoms in total. The molecule has 11 aliphatic rings. The number of nitrogens with zero attached hydrogens (tertiary/aromatic N) is 15. The summed E-state index contributed by atoms with van der Waals surface area (Å²) < 4.78 is 56.9. The third kappa shape index (κ3) is 63.6. The number of rotatable bonds is 33. The van der Waals surface area contributed by atoms with Gasteiger partial charge in [-0.2, -0.15) is 4.31 Å². The molecule has 44 heteroatoms. The molecule has 0 atom stereocenters. The molecule has 11 saturated heterocycles. The van der Waals surface area contributed by atoms with Gasteiger partial charge in [-0.15, -0.1) is 0 Å². The lowest BCUT2D eigenvalue weighted by molar-refractivity contribution is -0.124. The van der Waals surface area contributed by atoms with Gasteiger partial charge >= 0.3 is 0 Å². The van der Waals surface area contributed by atoms with E-state index in [0.717, 1.165) is 228 Å². The number of carbonyl (C=O) groups is 10. The van der Waals surface area contributed by atoms with E-state index in [4.69, 9.17) is 9.47 Å². The zero-order valence-electron chi connectivity index (χ0n) is 88.9. The summed E-state index contributed by atoms with van der Waals surface area (Å²) in [6, 6.07) is 2.13. The van der Waals surface area contributed by atoms with Crippen molar-refractivity contribution in [2.75, 3.05) is 396 Å². The number of morpholine rings is 2. The summed E-state index contributed by atoms with van der Waals surface area (Å²) in [6.45, 7) is 50.6. The average molecular weight is 2060 g/mol. The van der Waals surface area contributed by atoms with Crippen molar-refractivity contribution >= 4 is 78.9 Å². The first-order chi connectivity index (χ1) is 68.7. The molecule has 11 N–H and O–H groups in total. The van der Waals surface area contributed by atoms with E-state index < -0.39 is 19.9 Å². The van der Waals surface area contributed by atoms with Crippen LogP contribution in [0.25, 0.3) is 0 Å². The third-order valence-corrected chi connectivity index (χ3v) is 28.4. The van der Waals surface area contributed by atoms with Gasteiger partial charge in [0.25, 0.3) is 0 Å². The van der Waals surface area contributed by atoms with E-state index in [0.29, 0.717) is 78.0 Å². The maximum Gasteiger partial charge on any atom is 0.243 e. The number of hydrogen-bond acceptors (Lipinski definition) is 31. The molecule has 816 valence electrons. The van der Waals surface area contributed by atoms with Crippen LogP contribution in [0.3, 0.4) is 0 Å². The van der Waals surface area contributed by atoms with Crippen molar-refractivity contribution in [2.45, 2.75) is 71.0 Å². The monoisotopic (exact) mass is 2060 g/mol. The number of amides is 10. The van der Waals surface area contributed by atoms with Crippen LogP contribution in [0.1, 0.15) is 52.9 Å². The number of sulfone groups is 1. The lowest BCUT2D eigenvalue weighted by atomic mass is 10.0. The number of ether oxygens (including phenoxy) is 2. The predicted octanol–water partition coefficient (Wildman–Crippen LogP) is -3.86. The molecule has 11 aliphatic heterocycles. The normalized spacial score (nSPS) is 20.8. The first-order valence-electron chi connectivity index (χ1n) is 51.1. The number of piperazine rings is 6. The second-order valence-electron chi connectivity index (χ2n) is 36.2. The average Bonchev–Trinajstić information content (AvgIpc) is 0.892. The number of piperidine rings is 2. The number of nitrogens with one attached hydrogen (secondary N) is 11. The van der Waals surface area contributed by atoms with Crippen LogP contribution in [-0.2, 0) is 77.3 Å². The summed E-state index contributed by atoms with van der Waals surface area (Å²) in [7, 11) is 10.9. The van der Waals surface area contributed by atoms with Gasteiger partial charge in [0, 0.05) is 378 Å². The van der Waals surface area contributed by atoms with Crippen LogP contribution in [0.5, 0.6) is 0 Å². The maximum absolute atomic E-state index is 11.3. The minimum atomic E-state index is -3.06. The molecule has 0 spiro atoms. The van der Waals surface area contributed by atoms with Crippen LogP contribution in [-0.4, -0.2) is 563 Å². The van der Waals surface area contributed by atoms with Gasteiger partial charge in [0.15, 0.2) is 9.84 Å². The molecule has 0 aromatic heterocycles. The Labute approximate surface area is 856 Å². The van der Waals surface area contributed by atoms with Gasteiger partial charge < -0.3 is 77.8 Å². The van der Waals surface area contributed by atoms with Crippen molar-refractivity contribution < 1.29 is 74.3 Å². The Morgan fingerprint density at radius 3 is 0.916 bits per heavy atom. The summed E-state index contributed by atoms with van der Waals surface area (Å²) in [5, 5.41) is 29.0. The zero-order chi connectivity index (χ0) is 105. The van der Waals surface area contributed by atoms with Gasteiger partial charge in [0.2, 0.25) is 69.1 Å². The van der Waals surface area contributed by atoms with E-state index in [9.17, 15) is 64.8 Å². The van der Waals surface area contributed by atoms with Gasteiger partial charge in [-0.05, 0) is 85.7 Å². The van der Waals surface area contributed by atoms with Crippen LogP contribution in [0, 0.1) is 0 Å². The highest BCUT2D eigenvalue weighted by molar-refractivity contribution is 7.91. The number of likely N-dealkylation sites (tertiary alicyclic amines) is 2. The highest BCUT2D eigenvalue weighted by Crippen LogP contribution is 2.20. The van der Waals surface area contributed by atoms with Gasteiger partial charge in [-0.25, -0.2) is 16.8 Å². The van der Waals surface area contributed by atoms with Gasteiger partial charge in [-0.1, -0.05) is 61.6 Å². The fourth-order valence-electron chi connectivity index (χ4n) is 16.3. The first-order valence-corrected chi connectivity index (χ1v) is 54.8. The molecule has 11 heterocycles. The van der Waals surface area contributed by atoms with Crippen LogP contribution < -0.4 is 58.5 Å². The number of hydrogen-bond donors (Lipinski definition) is 11. The van der Waals surface area contributed by atoms with E-state index in [1.54, 1.807) is 118 Å². The van der Waals surface area contributed by atoms with Crippen LogP contribution in [0.4, 0.5) is 0 Å². The minimum absolute atomic E-state index is 0.0179. The van der Waals surface area contributed by atoms with Crippen molar-refractivity contribution in [2.24, 2.45) is 0 Å². The largest absolute Gasteiger partial charge is 0.379 e. The van der Waals surface area contributed by atoms with E-state index in [1.807, 2.05) is 46.3 Å². The Balaban J connectivity index is 0.000000415. The molecule has 0 unspecified atom stereocenters. The minimum Gasteiger partial charge on any atom is -0.379 e. The molecule has 10 amide bonds. The first kappa shape index (κ1) is 129. The fourth-order valence-corrected chi connectivity index (χ4v) is 18.4. The van der Waals surface area contributed by atoms with Crippen molar-refractivity contribution in [3.63, 3.8) is 0 Å². The zero-order valence-corrected chi connectivity index (χ0v) is 90.5. The summed E-state index contributed by atoms with van der Waals surface area (Å²) in [5.74, 6) is -0.0612. The maximum atomic E-state index is 11.3. The Bertz CT molecular complexity index is 4000. The van der Waals surface area contributed by atoms with E-state index in [-0.39, 0.29) is 70.6 Å². The standard InChI is InChI=1S/C14H26N4O.C14H25N3O2.2C12H23N3O.C10H19N3O3S.C10H19N3O.C9H15N3O2.C9H16N2O3S.C9H16N2O2/c1-15-14(19)3-2-8-17-9-4-13(5-10-17)18-11-6-16-7-12-18;1-15-14(18)3-2-6-16-7-4-13(5-8-16)17-9-11-19-12-10-17;1-11(2)15-9-7-14(8-10-15)6-4-5-12(16)13-3;1-3-6-14-8-10-15(11-9-14)7-4-5-12(16)13-2;1-11-10(14)4-3-5-12-6-8-13(9-7-12)17(2,15)16;1-11-10(14)4-3-5-13-8-6-12(2)7-9-13;1-10-8(13)3-2-5-12-6-4-11-9(14)7-12;1-10-9(12)3-2-4-11-5-7-15(13,14)8-6-11;1-10-9(12)3-2-4-11-5-7-13-8-6-11/h2-3,13,16H,4-12H2,1H3,(H,15,19);2-3,13H,4-12H2,1H3,(H,15,18);4-5,11H,6-10H2,1-3H3,(H,13,16);4-5H,3,6-11H2,1-2H3,(H,13,16);3-4H,5-9H2,1-2H3,(H,11,14);3-4H,5-9H2,1-2H3,(H,11,14);2-3H,4-7H2,1H3,(H,10,13)(H,11,14);2-3H,4-8H2,1H3,(H,10,12);2-3H,4-8H2,1H3,(H,10,12)/b2*3-2+;2*5-4+;2*4-3+;3*3-2+. The van der Waals surface area contributed by atoms with Gasteiger partial charge in [0.05, 0.1) is 50.7 Å². The number of carbonyl (C=O) groups excluding carboxylic acids is 10. The van der Waals surface area contributed by atoms with Gasteiger partial charge in [0.1, 0.15) is 0 Å². The van der Waals surface area contributed by atoms with Crippen molar-refractivity contribution in [3.05, 3.63) is 109 Å². The Morgan fingerprint density at radius 2 is 0.615 bits per heavy atom. The van der Waals surface area contributed by atoms with E-state index >= 15 is 0 Å². The highest BCUT2D eigenvalue weighted by Gasteiger charge is 2.29. The fraction of sp³-hybridized carbons (Fsp3) is 0.717. The summed E-state index contributed by atoms with van der Waals surface area (Å²) in [4.78, 5) is 142. The Morgan fingerprint density at radius 1 is 0.350 bits per heavy atom. The molecule has 11 fully saturated rings. The highest BCUT2D eigenvalue weighted by atomic mass is 32.2. The lowest BCUT2D eigenvalue weighted by Gasteiger charge is -2.40. The quantitative estimate of drug-likeness (QED) is 0.0280. The summed E-state index contributed by atoms with van der Waals surface area (Å²) in [5.41, 5.74) is 0. The molecule has 11 rings (SSSR count). The Hall–Kier alpha value is -8.46. The second kappa shape index (κ2) is 78.8. The van der Waals surface area contributed by atoms with E-state index in [2.05, 4.69) is 145 Å². The molecule has 0 aliphatic carbocycles. The summed E-state index contributed by atoms with van der Waals surface area (Å²) >= 11 is 0. The Kier molecular flexibility index (Phi) is 70.9. The van der Waals surface area contributed by atoms with Crippen molar-refractivity contribution in [3.8, 4) is 0 Å². The molecular formula is C99H182N26O16S2. The molecule has 143 heavy (non-hydrogen) atoms. The molecular weight excluding hydrogens is 1870 g/mol. The van der Waals surface area contributed by atoms with Gasteiger partial charge in [-0.3, -0.25) is 107 Å². The third-order valence-electron chi connectivity index (χ3n) is 25.5. The second-order valence-corrected chi connectivity index (χ2v) is 40.5. The van der Waals surface area contributed by atoms with E-state index in [1.165, 1.54) is 80.5 Å². The topological polar surface area (TPSA) is 438 Å². The summed E-state index contributed by atoms with van der Waals surface area (Å²) in [6.07, 6.45) is 38.4. The molecule has 0 saturated carbocycles. The SMILES string of the molecule is CCCN1CCN(C/C=C/C(=O)NC)CC1.CNC(=O)/C=C/CN1CCC(N2CCNCC2)CC1.CNC(=O)/C=C/CN1CCC(N2CCOCC2)CC1.CNC(=O)/C=C/CN1CCN(C(C)C)CC1.CNC(=O)/C=C/CN1CCN(C)CC1.CNC(=O)/C=C/CN1CCN(S(C)(=O)=O)CC1.CNC(=O)/C=C/CN1CCNC(=O)C1.CNC(=O)/C=C/CN1CCOCC1.CNC(=O)/C=C/CN1CCS(=O)(=O)CC1. The molecule has 0 aromatic carbocycles. The molecule has 0 aromatic rings. The van der Waals surface area contributed by atoms with Crippen LogP contribution >= 0.6 is 0 Å². The van der Waals surface area contributed by atoms with Crippen LogP contribution in [0.2, 0.25) is 0 Å². The van der Waals surface area contributed by atoms with Crippen molar-refractivity contribution in [1.29, 1.82) is 0 Å². The van der Waals surface area contributed by atoms with Crippen molar-refractivity contribution in [1.82, 2.24) is 131 Å². The lowest BCUT2D eigenvalue weighted by Crippen LogP contribution is -2.51. The van der Waals surface area contributed by atoms with Crippen LogP contribution in [0.15, 0.2) is 109 Å². The number of sulfonamides is 1. The number of likely N-dealkylation sites (N-methyl/N-ethyl adjacent to an activating group) is 10. The molecule has 0 radical (unpaired) electrons. The smallest absolute Gasteiger partial charge is 0.243 e. The molecule has 0 bridgehead atoms. The predicted molar refractivity (Wildman–Crippen MR) is 570 cm³/mol.